The molecule has 0 fully saturated rings. The van der Waals surface area contributed by atoms with Crippen molar-refractivity contribution in [1.29, 1.82) is 0 Å². The first kappa shape index (κ1) is 19.7. The van der Waals surface area contributed by atoms with Crippen LogP contribution in [0.4, 0.5) is 0 Å². The first-order valence-corrected chi connectivity index (χ1v) is 10.2. The number of para-hydroxylation sites is 1. The molecule has 0 radical (unpaired) electrons. The number of carboxylic acids is 1. The highest BCUT2D eigenvalue weighted by Gasteiger charge is 2.35. The number of rotatable bonds is 2. The van der Waals surface area contributed by atoms with Crippen LogP contribution in [0.25, 0.3) is 22.6 Å². The molecule has 0 spiro atoms. The van der Waals surface area contributed by atoms with Crippen molar-refractivity contribution < 1.29 is 9.90 Å². The Bertz CT molecular complexity index is 1120. The van der Waals surface area contributed by atoms with Crippen molar-refractivity contribution in [3.63, 3.8) is 0 Å². The topological polar surface area (TPSA) is 50.2 Å². The Morgan fingerprint density at radius 1 is 1.10 bits per heavy atom. The summed E-state index contributed by atoms with van der Waals surface area (Å²) >= 11 is 6.04. The number of halogens is 1. The molecule has 29 heavy (non-hydrogen) atoms. The Hall–Kier alpha value is -2.65. The molecule has 1 heterocycles. The van der Waals surface area contributed by atoms with Crippen LogP contribution in [0.15, 0.2) is 48.5 Å². The average Bonchev–Trinajstić information content (AvgIpc) is 2.67. The van der Waals surface area contributed by atoms with E-state index >= 15 is 0 Å². The normalized spacial score (nSPS) is 18.1. The fourth-order valence-corrected chi connectivity index (χ4v) is 4.27. The first-order valence-electron chi connectivity index (χ1n) is 9.85. The van der Waals surface area contributed by atoms with Crippen molar-refractivity contribution in [3.05, 3.63) is 75.9 Å². The van der Waals surface area contributed by atoms with Gasteiger partial charge in [0.1, 0.15) is 0 Å². The molecular formula is C25H24ClNO2. The number of pyridine rings is 1. The van der Waals surface area contributed by atoms with Crippen LogP contribution in [-0.2, 0) is 6.42 Å². The Balaban J connectivity index is 1.99. The number of allylic oxidation sites excluding steroid dienone is 1. The molecule has 0 saturated heterocycles. The van der Waals surface area contributed by atoms with Gasteiger partial charge in [0.05, 0.1) is 16.8 Å². The Kier molecular flexibility index (Phi) is 4.95. The highest BCUT2D eigenvalue weighted by Crippen LogP contribution is 2.44. The minimum Gasteiger partial charge on any atom is -0.478 e. The number of hydrogen-bond acceptors (Lipinski definition) is 2. The molecule has 0 amide bonds. The number of aromatic nitrogens is 1. The van der Waals surface area contributed by atoms with E-state index in [1.54, 1.807) is 0 Å². The number of aromatic carboxylic acids is 1. The maximum Gasteiger partial charge on any atom is 0.336 e. The molecule has 1 aliphatic carbocycles. The molecule has 3 nitrogen and oxygen atoms in total. The van der Waals surface area contributed by atoms with Crippen LogP contribution in [0.5, 0.6) is 0 Å². The van der Waals surface area contributed by atoms with Gasteiger partial charge in [0.15, 0.2) is 0 Å². The van der Waals surface area contributed by atoms with Crippen LogP contribution in [0.2, 0.25) is 5.02 Å². The molecule has 4 rings (SSSR count). The summed E-state index contributed by atoms with van der Waals surface area (Å²) in [6.07, 6.45) is 3.71. The van der Waals surface area contributed by atoms with Crippen LogP contribution in [-0.4, -0.2) is 16.1 Å². The van der Waals surface area contributed by atoms with Gasteiger partial charge >= 0.3 is 5.97 Å². The van der Waals surface area contributed by atoms with Gasteiger partial charge in [0.2, 0.25) is 0 Å². The molecule has 4 heteroatoms. The molecule has 0 saturated carbocycles. The van der Waals surface area contributed by atoms with Gasteiger partial charge in [-0.15, -0.1) is 0 Å². The lowest BCUT2D eigenvalue weighted by Crippen LogP contribution is -2.28. The van der Waals surface area contributed by atoms with Gasteiger partial charge in [-0.25, -0.2) is 9.78 Å². The Labute approximate surface area is 176 Å². The molecule has 148 valence electrons. The number of fused-ring (bicyclic) bond motifs is 2. The molecule has 3 aromatic rings. The predicted molar refractivity (Wildman–Crippen MR) is 119 cm³/mol. The van der Waals surface area contributed by atoms with Gasteiger partial charge in [-0.3, -0.25) is 0 Å². The van der Waals surface area contributed by atoms with Gasteiger partial charge in [0.25, 0.3) is 0 Å². The summed E-state index contributed by atoms with van der Waals surface area (Å²) < 4.78 is 0. The molecule has 2 aromatic carbocycles. The second-order valence-electron chi connectivity index (χ2n) is 8.83. The molecule has 1 aliphatic rings. The van der Waals surface area contributed by atoms with Crippen LogP contribution in [0, 0.1) is 11.3 Å². The van der Waals surface area contributed by atoms with Crippen molar-refractivity contribution in [2.24, 2.45) is 11.3 Å². The largest absolute Gasteiger partial charge is 0.478 e. The summed E-state index contributed by atoms with van der Waals surface area (Å²) in [6.45, 7) is 6.66. The van der Waals surface area contributed by atoms with E-state index in [2.05, 4.69) is 26.8 Å². The van der Waals surface area contributed by atoms with Gasteiger partial charge in [-0.1, -0.05) is 62.7 Å². The average molecular weight is 406 g/mol. The van der Waals surface area contributed by atoms with E-state index < -0.39 is 5.97 Å². The fraction of sp³-hybridized carbons (Fsp3) is 0.280. The lowest BCUT2D eigenvalue weighted by atomic mass is 9.69. The highest BCUT2D eigenvalue weighted by atomic mass is 35.5. The van der Waals surface area contributed by atoms with Crippen LogP contribution >= 0.6 is 11.6 Å². The van der Waals surface area contributed by atoms with E-state index in [1.807, 2.05) is 48.5 Å². The summed E-state index contributed by atoms with van der Waals surface area (Å²) in [4.78, 5) is 17.2. The van der Waals surface area contributed by atoms with E-state index in [4.69, 9.17) is 16.6 Å². The van der Waals surface area contributed by atoms with Crippen LogP contribution in [0.3, 0.4) is 0 Å². The van der Waals surface area contributed by atoms with Gasteiger partial charge in [0, 0.05) is 10.4 Å². The minimum absolute atomic E-state index is 0.0538. The van der Waals surface area contributed by atoms with Crippen molar-refractivity contribution in [3.8, 4) is 0 Å². The maximum absolute atomic E-state index is 12.3. The quantitative estimate of drug-likeness (QED) is 0.513. The van der Waals surface area contributed by atoms with Gasteiger partial charge in [-0.2, -0.15) is 0 Å². The van der Waals surface area contributed by atoms with E-state index in [1.165, 1.54) is 0 Å². The van der Waals surface area contributed by atoms with Crippen LogP contribution < -0.4 is 0 Å². The number of carbonyl (C=O) groups is 1. The van der Waals surface area contributed by atoms with E-state index in [9.17, 15) is 9.90 Å². The Morgan fingerprint density at radius 3 is 2.45 bits per heavy atom. The zero-order valence-electron chi connectivity index (χ0n) is 16.9. The van der Waals surface area contributed by atoms with Crippen molar-refractivity contribution >= 4 is 40.1 Å². The van der Waals surface area contributed by atoms with Crippen molar-refractivity contribution in [1.82, 2.24) is 4.98 Å². The second-order valence-corrected chi connectivity index (χ2v) is 9.27. The molecule has 0 aliphatic heterocycles. The molecule has 1 atom stereocenters. The smallest absolute Gasteiger partial charge is 0.336 e. The third kappa shape index (κ3) is 3.79. The predicted octanol–water partition coefficient (Wildman–Crippen LogP) is 6.74. The molecule has 1 aromatic heterocycles. The Morgan fingerprint density at radius 2 is 1.79 bits per heavy atom. The number of nitrogens with zero attached hydrogens (tertiary/aromatic N) is 1. The lowest BCUT2D eigenvalue weighted by Gasteiger charge is -2.36. The lowest BCUT2D eigenvalue weighted by molar-refractivity contribution is 0.0696. The molecule has 1 N–H and O–H groups in total. The standard InChI is InChI=1S/C25H24ClNO2/c1-25(2,3)17-13-16(12-15-8-10-18(26)11-9-15)23-20(14-17)22(24(28)29)19-6-4-5-7-21(19)27-23/h4-12,17H,13-14H2,1-3H3,(H,28,29)/b16-12+/t17-/m0/s1. The summed E-state index contributed by atoms with van der Waals surface area (Å²) in [6, 6.07) is 15.2. The molecular weight excluding hydrogens is 382 g/mol. The van der Waals surface area contributed by atoms with Gasteiger partial charge < -0.3 is 5.11 Å². The molecule has 0 unspecified atom stereocenters. The summed E-state index contributed by atoms with van der Waals surface area (Å²) in [7, 11) is 0. The number of hydrogen-bond donors (Lipinski definition) is 1. The summed E-state index contributed by atoms with van der Waals surface area (Å²) in [5, 5.41) is 11.5. The monoisotopic (exact) mass is 405 g/mol. The minimum atomic E-state index is -0.889. The van der Waals surface area contributed by atoms with E-state index in [0.717, 1.165) is 40.8 Å². The molecule has 0 bridgehead atoms. The third-order valence-electron chi connectivity index (χ3n) is 5.86. The van der Waals surface area contributed by atoms with Crippen molar-refractivity contribution in [2.45, 2.75) is 33.6 Å². The van der Waals surface area contributed by atoms with Crippen LogP contribution in [0.1, 0.15) is 54.4 Å². The summed E-state index contributed by atoms with van der Waals surface area (Å²) in [5.41, 5.74) is 4.96. The fourth-order valence-electron chi connectivity index (χ4n) is 4.14. The first-order chi connectivity index (χ1) is 13.7. The maximum atomic E-state index is 12.3. The zero-order chi connectivity index (χ0) is 20.8. The SMILES string of the molecule is CC(C)(C)[C@H]1C/C(=C\c2ccc(Cl)cc2)c2nc3ccccc3c(C(=O)O)c2C1. The van der Waals surface area contributed by atoms with Gasteiger partial charge in [-0.05, 0) is 65.1 Å². The number of benzene rings is 2. The van der Waals surface area contributed by atoms with E-state index in [-0.39, 0.29) is 5.41 Å². The third-order valence-corrected chi connectivity index (χ3v) is 6.12. The highest BCUT2D eigenvalue weighted by molar-refractivity contribution is 6.30. The number of carboxylic acid groups (broad SMARTS) is 1. The zero-order valence-corrected chi connectivity index (χ0v) is 17.6. The summed E-state index contributed by atoms with van der Waals surface area (Å²) in [5.74, 6) is -0.560. The van der Waals surface area contributed by atoms with Crippen molar-refractivity contribution in [2.75, 3.05) is 0 Å². The van der Waals surface area contributed by atoms with E-state index in [0.29, 0.717) is 21.9 Å². The second kappa shape index (κ2) is 7.31.